The molecule has 0 saturated carbocycles. The Kier molecular flexibility index (Phi) is 5.60. The number of ether oxygens (including phenoxy) is 1. The zero-order valence-electron chi connectivity index (χ0n) is 18.9. The molecule has 2 aliphatic heterocycles. The first kappa shape index (κ1) is 21.5. The minimum absolute atomic E-state index is 0.0829. The molecule has 162 valence electrons. The third-order valence-electron chi connectivity index (χ3n) is 6.26. The molecule has 0 aromatic heterocycles. The molecule has 5 nitrogen and oxygen atoms in total. The van der Waals surface area contributed by atoms with Crippen LogP contribution in [-0.4, -0.2) is 30.8 Å². The van der Waals surface area contributed by atoms with Crippen LogP contribution in [0.5, 0.6) is 5.75 Å². The summed E-state index contributed by atoms with van der Waals surface area (Å²) in [5, 5.41) is 3.48. The Morgan fingerprint density at radius 1 is 1.29 bits per heavy atom. The number of nitrogens with zero attached hydrogens (tertiary/aromatic N) is 2. The number of anilines is 1. The van der Waals surface area contributed by atoms with E-state index in [1.165, 1.54) is 23.0 Å². The zero-order valence-corrected chi connectivity index (χ0v) is 19.8. The van der Waals surface area contributed by atoms with E-state index in [9.17, 15) is 4.79 Å². The molecular formula is C25H29N3O2S. The van der Waals surface area contributed by atoms with Crippen molar-refractivity contribution in [1.82, 2.24) is 5.32 Å². The molecule has 1 fully saturated rings. The Labute approximate surface area is 188 Å². The van der Waals surface area contributed by atoms with Gasteiger partial charge in [-0.05, 0) is 74.2 Å². The van der Waals surface area contributed by atoms with E-state index in [-0.39, 0.29) is 11.4 Å². The summed E-state index contributed by atoms with van der Waals surface area (Å²) in [4.78, 5) is 20.2. The van der Waals surface area contributed by atoms with Gasteiger partial charge in [-0.2, -0.15) is 0 Å². The molecule has 0 spiro atoms. The fourth-order valence-electron chi connectivity index (χ4n) is 4.32. The van der Waals surface area contributed by atoms with Crippen molar-refractivity contribution < 1.29 is 9.53 Å². The summed E-state index contributed by atoms with van der Waals surface area (Å²) in [5.74, 6) is 1.05. The normalized spacial score (nSPS) is 22.6. The largest absolute Gasteiger partial charge is 0.496 e. The van der Waals surface area contributed by atoms with E-state index in [2.05, 4.69) is 55.2 Å². The van der Waals surface area contributed by atoms with Crippen LogP contribution < -0.4 is 15.0 Å². The van der Waals surface area contributed by atoms with Crippen LogP contribution in [0.15, 0.2) is 46.3 Å². The van der Waals surface area contributed by atoms with Crippen molar-refractivity contribution in [3.63, 3.8) is 0 Å². The predicted molar refractivity (Wildman–Crippen MR) is 130 cm³/mol. The van der Waals surface area contributed by atoms with Gasteiger partial charge in [-0.3, -0.25) is 4.79 Å². The first-order chi connectivity index (χ1) is 14.7. The number of methoxy groups -OCH3 is 1. The van der Waals surface area contributed by atoms with Crippen molar-refractivity contribution >= 4 is 40.3 Å². The highest BCUT2D eigenvalue weighted by Crippen LogP contribution is 2.45. The number of carbonyl (C=O) groups is 1. The lowest BCUT2D eigenvalue weighted by Crippen LogP contribution is -2.45. The summed E-state index contributed by atoms with van der Waals surface area (Å²) < 4.78 is 5.70. The number of nitrogens with one attached hydrogen (secondary N) is 1. The summed E-state index contributed by atoms with van der Waals surface area (Å²) in [7, 11) is 3.81. The molecule has 2 aromatic rings. The maximum absolute atomic E-state index is 12.6. The minimum atomic E-state index is -0.136. The average molecular weight is 436 g/mol. The molecule has 2 aliphatic rings. The van der Waals surface area contributed by atoms with Gasteiger partial charge in [-0.1, -0.05) is 25.1 Å². The van der Waals surface area contributed by atoms with Crippen molar-refractivity contribution in [3.05, 3.63) is 58.0 Å². The van der Waals surface area contributed by atoms with Gasteiger partial charge in [-0.25, -0.2) is 4.99 Å². The zero-order chi connectivity index (χ0) is 22.3. The number of aryl methyl sites for hydroxylation is 1. The van der Waals surface area contributed by atoms with Crippen LogP contribution in [0.25, 0.3) is 6.08 Å². The quantitative estimate of drug-likeness (QED) is 0.636. The molecule has 1 atom stereocenters. The molecule has 6 heteroatoms. The molecule has 31 heavy (non-hydrogen) atoms. The van der Waals surface area contributed by atoms with Gasteiger partial charge in [-0.15, -0.1) is 0 Å². The summed E-state index contributed by atoms with van der Waals surface area (Å²) in [6, 6.07) is 12.1. The molecule has 1 saturated heterocycles. The molecule has 0 radical (unpaired) electrons. The molecule has 4 rings (SSSR count). The van der Waals surface area contributed by atoms with Gasteiger partial charge in [0.2, 0.25) is 0 Å². The number of rotatable bonds is 3. The van der Waals surface area contributed by atoms with Gasteiger partial charge in [0.15, 0.2) is 5.17 Å². The first-order valence-corrected chi connectivity index (χ1v) is 11.3. The van der Waals surface area contributed by atoms with Crippen LogP contribution in [0.1, 0.15) is 49.8 Å². The van der Waals surface area contributed by atoms with E-state index in [1.54, 1.807) is 7.11 Å². The van der Waals surface area contributed by atoms with E-state index in [0.717, 1.165) is 29.0 Å². The van der Waals surface area contributed by atoms with Crippen molar-refractivity contribution in [2.45, 2.75) is 45.6 Å². The third-order valence-corrected chi connectivity index (χ3v) is 7.17. The first-order valence-electron chi connectivity index (χ1n) is 10.5. The second-order valence-electron chi connectivity index (χ2n) is 8.90. The Morgan fingerprint density at radius 2 is 2.03 bits per heavy atom. The number of aliphatic imine (C=N–C) groups is 1. The highest BCUT2D eigenvalue weighted by Gasteiger charge is 2.35. The lowest BCUT2D eigenvalue weighted by Gasteiger charge is -2.45. The Balaban J connectivity index is 1.70. The number of fused-ring (bicyclic) bond motifs is 1. The van der Waals surface area contributed by atoms with Crippen molar-refractivity contribution in [2.75, 3.05) is 19.1 Å². The van der Waals surface area contributed by atoms with Gasteiger partial charge in [0.05, 0.1) is 17.7 Å². The second-order valence-corrected chi connectivity index (χ2v) is 9.93. The molecule has 2 aromatic carbocycles. The summed E-state index contributed by atoms with van der Waals surface area (Å²) in [6.07, 6.45) is 2.98. The summed E-state index contributed by atoms with van der Waals surface area (Å²) in [5.41, 5.74) is 5.40. The van der Waals surface area contributed by atoms with Gasteiger partial charge >= 0.3 is 0 Å². The fraction of sp³-hybridized carbons (Fsp3) is 0.360. The highest BCUT2D eigenvalue weighted by atomic mass is 32.2. The van der Waals surface area contributed by atoms with Crippen LogP contribution in [0, 0.1) is 6.92 Å². The Morgan fingerprint density at radius 3 is 2.74 bits per heavy atom. The maximum Gasteiger partial charge on any atom is 0.264 e. The fourth-order valence-corrected chi connectivity index (χ4v) is 5.15. The average Bonchev–Trinajstić information content (AvgIpc) is 3.06. The Bertz CT molecular complexity index is 1100. The monoisotopic (exact) mass is 435 g/mol. The minimum Gasteiger partial charge on any atom is -0.496 e. The number of hydrogen-bond donors (Lipinski definition) is 1. The number of thioether (sulfide) groups is 1. The van der Waals surface area contributed by atoms with Gasteiger partial charge < -0.3 is 15.0 Å². The highest BCUT2D eigenvalue weighted by molar-refractivity contribution is 8.18. The van der Waals surface area contributed by atoms with E-state index in [1.807, 2.05) is 37.3 Å². The van der Waals surface area contributed by atoms with Crippen molar-refractivity contribution in [2.24, 2.45) is 4.99 Å². The molecule has 1 N–H and O–H groups in total. The number of benzene rings is 2. The molecule has 0 bridgehead atoms. The topological polar surface area (TPSA) is 53.9 Å². The SMILES string of the molecule is COc1cc2c(cc1/C=C1/SC(=Nc3ccccc3C)NC1=O)C(C)CC(C)(C)N2C. The van der Waals surface area contributed by atoms with Crippen LogP contribution in [0.3, 0.4) is 0 Å². The van der Waals surface area contributed by atoms with E-state index >= 15 is 0 Å². The van der Waals surface area contributed by atoms with E-state index < -0.39 is 0 Å². The van der Waals surface area contributed by atoms with Gasteiger partial charge in [0, 0.05) is 29.9 Å². The van der Waals surface area contributed by atoms with E-state index in [4.69, 9.17) is 4.74 Å². The van der Waals surface area contributed by atoms with Crippen LogP contribution >= 0.6 is 11.8 Å². The molecular weight excluding hydrogens is 406 g/mol. The second kappa shape index (κ2) is 8.08. The van der Waals surface area contributed by atoms with Crippen LogP contribution in [0.2, 0.25) is 0 Å². The summed E-state index contributed by atoms with van der Waals surface area (Å²) >= 11 is 1.36. The molecule has 0 aliphatic carbocycles. The van der Waals surface area contributed by atoms with Gasteiger partial charge in [0.1, 0.15) is 5.75 Å². The molecule has 1 unspecified atom stereocenters. The van der Waals surface area contributed by atoms with Crippen molar-refractivity contribution in [1.29, 1.82) is 0 Å². The molecule has 2 heterocycles. The lowest BCUT2D eigenvalue weighted by atomic mass is 9.80. The number of amidine groups is 1. The van der Waals surface area contributed by atoms with Crippen molar-refractivity contribution in [3.8, 4) is 5.75 Å². The standard InChI is InChI=1S/C25H29N3O2S/c1-15-9-7-8-10-19(15)26-24-27-23(29)22(31-24)12-17-11-18-16(2)14-25(3,4)28(5)20(18)13-21(17)30-6/h7-13,16H,14H2,1-6H3,(H,26,27,29)/b22-12+. The Hall–Kier alpha value is -2.73. The van der Waals surface area contributed by atoms with E-state index in [0.29, 0.717) is 16.0 Å². The molecule has 1 amide bonds. The maximum atomic E-state index is 12.6. The number of hydrogen-bond acceptors (Lipinski definition) is 5. The third kappa shape index (κ3) is 4.09. The van der Waals surface area contributed by atoms with Gasteiger partial charge in [0.25, 0.3) is 5.91 Å². The number of carbonyl (C=O) groups excluding carboxylic acids is 1. The number of para-hydroxylation sites is 1. The smallest absolute Gasteiger partial charge is 0.264 e. The van der Waals surface area contributed by atoms with Crippen LogP contribution in [-0.2, 0) is 4.79 Å². The predicted octanol–water partition coefficient (Wildman–Crippen LogP) is 5.62. The van der Waals surface area contributed by atoms with Crippen LogP contribution in [0.4, 0.5) is 11.4 Å². The summed E-state index contributed by atoms with van der Waals surface area (Å²) in [6.45, 7) is 8.81. The lowest BCUT2D eigenvalue weighted by molar-refractivity contribution is -0.115. The number of amides is 1.